The summed E-state index contributed by atoms with van der Waals surface area (Å²) in [5.74, 6) is 0.0206. The molecule has 0 aliphatic carbocycles. The molecule has 0 aliphatic heterocycles. The molecule has 6 N–H and O–H groups in total. The standard InChI is InChI=1S/C27H31IN6O4/c1-4-37-23-14-18(9-12-22(23)38-16(2)3)24(32-19-10-7-17(8-11-19)25(29)30)27(36)34-33-26(35)20-6-5-13-31-21(20)15-28/h5-14,16,24,32H,4,15H2,1-3H3,(H3,29,30)(H,33,35)(H,34,36). The first kappa shape index (κ1) is 28.7. The highest BCUT2D eigenvalue weighted by Gasteiger charge is 2.24. The Labute approximate surface area is 235 Å². The lowest BCUT2D eigenvalue weighted by molar-refractivity contribution is -0.122. The van der Waals surface area contributed by atoms with Crippen molar-refractivity contribution < 1.29 is 19.1 Å². The second kappa shape index (κ2) is 13.6. The number of anilines is 1. The minimum atomic E-state index is -0.913. The Balaban J connectivity index is 1.90. The van der Waals surface area contributed by atoms with Crippen LogP contribution >= 0.6 is 22.6 Å². The van der Waals surface area contributed by atoms with Gasteiger partial charge in [0.05, 0.1) is 24.0 Å². The fourth-order valence-corrected chi connectivity index (χ4v) is 4.15. The van der Waals surface area contributed by atoms with Crippen LogP contribution in [-0.2, 0) is 9.22 Å². The van der Waals surface area contributed by atoms with Gasteiger partial charge in [0.2, 0.25) is 0 Å². The van der Waals surface area contributed by atoms with Gasteiger partial charge in [-0.1, -0.05) is 28.7 Å². The number of amidine groups is 1. The van der Waals surface area contributed by atoms with Crippen molar-refractivity contribution in [2.75, 3.05) is 11.9 Å². The van der Waals surface area contributed by atoms with Gasteiger partial charge < -0.3 is 20.5 Å². The number of nitrogens with zero attached hydrogens (tertiary/aromatic N) is 1. The first-order valence-corrected chi connectivity index (χ1v) is 13.5. The van der Waals surface area contributed by atoms with Crippen molar-refractivity contribution in [3.05, 3.63) is 83.2 Å². The number of carbonyl (C=O) groups is 2. The monoisotopic (exact) mass is 630 g/mol. The molecule has 1 unspecified atom stereocenters. The lowest BCUT2D eigenvalue weighted by atomic mass is 10.0. The third-order valence-corrected chi connectivity index (χ3v) is 6.02. The van der Waals surface area contributed by atoms with Crippen LogP contribution in [0.2, 0.25) is 0 Å². The van der Waals surface area contributed by atoms with Gasteiger partial charge in [0.1, 0.15) is 11.9 Å². The Kier molecular flexibility index (Phi) is 10.3. The van der Waals surface area contributed by atoms with Gasteiger partial charge in [0, 0.05) is 21.9 Å². The number of hydrogen-bond acceptors (Lipinski definition) is 7. The fourth-order valence-electron chi connectivity index (χ4n) is 3.55. The summed E-state index contributed by atoms with van der Waals surface area (Å²) >= 11 is 2.13. The molecule has 11 heteroatoms. The van der Waals surface area contributed by atoms with Crippen LogP contribution in [0.3, 0.4) is 0 Å². The fraction of sp³-hybridized carbons (Fsp3) is 0.259. The zero-order chi connectivity index (χ0) is 27.7. The predicted molar refractivity (Wildman–Crippen MR) is 155 cm³/mol. The lowest BCUT2D eigenvalue weighted by Gasteiger charge is -2.22. The highest BCUT2D eigenvalue weighted by Crippen LogP contribution is 2.33. The number of carbonyl (C=O) groups excluding carboxylic acids is 2. The SMILES string of the molecule is CCOc1cc(C(Nc2ccc(C(=N)N)cc2)C(=O)NNC(=O)c2cccnc2CI)ccc1OC(C)C. The number of benzene rings is 2. The summed E-state index contributed by atoms with van der Waals surface area (Å²) in [6, 6.07) is 14.5. The number of rotatable bonds is 11. The molecule has 1 aromatic heterocycles. The van der Waals surface area contributed by atoms with Crippen molar-refractivity contribution in [2.45, 2.75) is 37.3 Å². The summed E-state index contributed by atoms with van der Waals surface area (Å²) in [5, 5.41) is 10.8. The molecule has 0 saturated heterocycles. The van der Waals surface area contributed by atoms with Gasteiger partial charge in [-0.3, -0.25) is 30.8 Å². The second-order valence-corrected chi connectivity index (χ2v) is 9.21. The van der Waals surface area contributed by atoms with E-state index in [0.29, 0.717) is 50.6 Å². The van der Waals surface area contributed by atoms with E-state index in [9.17, 15) is 9.59 Å². The molecule has 10 nitrogen and oxygen atoms in total. The number of halogens is 1. The molecule has 0 fully saturated rings. The van der Waals surface area contributed by atoms with Crippen LogP contribution in [0.1, 0.15) is 54.0 Å². The molecule has 0 saturated carbocycles. The van der Waals surface area contributed by atoms with E-state index in [1.54, 1.807) is 60.8 Å². The summed E-state index contributed by atoms with van der Waals surface area (Å²) in [5.41, 5.74) is 13.3. The van der Waals surface area contributed by atoms with Crippen molar-refractivity contribution in [2.24, 2.45) is 5.73 Å². The zero-order valence-corrected chi connectivity index (χ0v) is 23.5. The summed E-state index contributed by atoms with van der Waals surface area (Å²) < 4.78 is 12.2. The molecule has 1 atom stereocenters. The van der Waals surface area contributed by atoms with Gasteiger partial charge in [-0.15, -0.1) is 0 Å². The smallest absolute Gasteiger partial charge is 0.271 e. The number of hydrazine groups is 1. The number of nitrogens with one attached hydrogen (secondary N) is 4. The molecule has 2 aromatic carbocycles. The third-order valence-electron chi connectivity index (χ3n) is 5.29. The summed E-state index contributed by atoms with van der Waals surface area (Å²) in [7, 11) is 0. The first-order valence-electron chi connectivity index (χ1n) is 12.0. The molecular weight excluding hydrogens is 599 g/mol. The number of aromatic nitrogens is 1. The van der Waals surface area contributed by atoms with Crippen LogP contribution in [0, 0.1) is 5.41 Å². The Morgan fingerprint density at radius 2 is 1.82 bits per heavy atom. The van der Waals surface area contributed by atoms with Gasteiger partial charge in [0.25, 0.3) is 11.8 Å². The van der Waals surface area contributed by atoms with Crippen LogP contribution in [0.5, 0.6) is 11.5 Å². The van der Waals surface area contributed by atoms with Gasteiger partial charge in [0.15, 0.2) is 11.5 Å². The number of amides is 2. The molecule has 0 aliphatic rings. The van der Waals surface area contributed by atoms with E-state index in [1.165, 1.54) is 0 Å². The van der Waals surface area contributed by atoms with Gasteiger partial charge in [-0.05, 0) is 74.9 Å². The zero-order valence-electron chi connectivity index (χ0n) is 21.4. The molecule has 0 radical (unpaired) electrons. The van der Waals surface area contributed by atoms with Gasteiger partial charge in [-0.2, -0.15) is 0 Å². The predicted octanol–water partition coefficient (Wildman–Crippen LogP) is 4.10. The molecule has 1 heterocycles. The highest BCUT2D eigenvalue weighted by molar-refractivity contribution is 14.1. The van der Waals surface area contributed by atoms with Crippen LogP contribution < -0.4 is 31.4 Å². The van der Waals surface area contributed by atoms with Crippen molar-refractivity contribution in [3.8, 4) is 11.5 Å². The minimum Gasteiger partial charge on any atom is -0.490 e. The summed E-state index contributed by atoms with van der Waals surface area (Å²) in [6.45, 7) is 6.11. The van der Waals surface area contributed by atoms with Crippen molar-refractivity contribution in [1.82, 2.24) is 15.8 Å². The average molecular weight is 630 g/mol. The normalized spacial score (nSPS) is 11.4. The van der Waals surface area contributed by atoms with Gasteiger partial charge >= 0.3 is 0 Å². The van der Waals surface area contributed by atoms with E-state index in [4.69, 9.17) is 20.6 Å². The molecule has 3 aromatic rings. The van der Waals surface area contributed by atoms with Crippen molar-refractivity contribution >= 4 is 45.9 Å². The van der Waals surface area contributed by atoms with Crippen LogP contribution in [0.15, 0.2) is 60.8 Å². The number of nitrogens with two attached hydrogens (primary N) is 1. The topological polar surface area (TPSA) is 151 Å². The van der Waals surface area contributed by atoms with Crippen molar-refractivity contribution in [1.29, 1.82) is 5.41 Å². The maximum atomic E-state index is 13.4. The van der Waals surface area contributed by atoms with E-state index in [2.05, 4.69) is 43.7 Å². The number of ether oxygens (including phenoxy) is 2. The molecular formula is C27H31IN6O4. The second-order valence-electron chi connectivity index (χ2n) is 8.45. The summed E-state index contributed by atoms with van der Waals surface area (Å²) in [4.78, 5) is 30.4. The lowest BCUT2D eigenvalue weighted by Crippen LogP contribution is -2.45. The largest absolute Gasteiger partial charge is 0.490 e. The molecule has 200 valence electrons. The molecule has 0 spiro atoms. The summed E-state index contributed by atoms with van der Waals surface area (Å²) in [6.07, 6.45) is 1.55. The van der Waals surface area contributed by atoms with Crippen LogP contribution in [0.25, 0.3) is 0 Å². The van der Waals surface area contributed by atoms with E-state index in [-0.39, 0.29) is 11.9 Å². The van der Waals surface area contributed by atoms with Crippen LogP contribution in [-0.4, -0.2) is 35.3 Å². The molecule has 3 rings (SSSR count). The van der Waals surface area contributed by atoms with E-state index >= 15 is 0 Å². The Bertz CT molecular complexity index is 1280. The van der Waals surface area contributed by atoms with Gasteiger partial charge in [-0.25, -0.2) is 0 Å². The maximum absolute atomic E-state index is 13.4. The molecule has 38 heavy (non-hydrogen) atoms. The Morgan fingerprint density at radius 1 is 1.08 bits per heavy atom. The van der Waals surface area contributed by atoms with E-state index in [1.807, 2.05) is 20.8 Å². The number of nitrogen functional groups attached to an aromatic ring is 1. The van der Waals surface area contributed by atoms with Crippen LogP contribution in [0.4, 0.5) is 5.69 Å². The average Bonchev–Trinajstić information content (AvgIpc) is 2.91. The number of alkyl halides is 1. The molecule has 0 bridgehead atoms. The van der Waals surface area contributed by atoms with Crippen molar-refractivity contribution in [3.63, 3.8) is 0 Å². The quantitative estimate of drug-likeness (QED) is 0.0704. The Morgan fingerprint density at radius 3 is 2.45 bits per heavy atom. The first-order chi connectivity index (χ1) is 18.2. The number of hydrogen-bond donors (Lipinski definition) is 5. The highest BCUT2D eigenvalue weighted by atomic mass is 127. The third kappa shape index (κ3) is 7.57. The van der Waals surface area contributed by atoms with E-state index in [0.717, 1.165) is 0 Å². The molecule has 2 amide bonds. The number of pyridine rings is 1. The maximum Gasteiger partial charge on any atom is 0.271 e. The minimum absolute atomic E-state index is 0.0584. The van der Waals surface area contributed by atoms with E-state index < -0.39 is 17.9 Å². The Hall–Kier alpha value is -3.87.